The third kappa shape index (κ3) is 12.1. The van der Waals surface area contributed by atoms with Crippen molar-refractivity contribution in [2.45, 2.75) is 129 Å². The predicted molar refractivity (Wildman–Crippen MR) is 233 cm³/mol. The van der Waals surface area contributed by atoms with E-state index in [2.05, 4.69) is 115 Å². The van der Waals surface area contributed by atoms with E-state index in [1.807, 2.05) is 55.5 Å². The number of para-hydroxylation sites is 1. The molecule has 3 aromatic rings. The average molecular weight is 833 g/mol. The van der Waals surface area contributed by atoms with Crippen molar-refractivity contribution >= 4 is 50.6 Å². The van der Waals surface area contributed by atoms with Crippen LogP contribution in [0.5, 0.6) is 5.75 Å². The Labute approximate surface area is 334 Å². The van der Waals surface area contributed by atoms with Gasteiger partial charge < -0.3 is 37.2 Å². The fourth-order valence-electron chi connectivity index (χ4n) is 6.83. The maximum absolute atomic E-state index is 13.4. The molecular formula is C41H66ClNO7Si4. The minimum absolute atomic E-state index is 0.255. The molecule has 1 N–H and O–H groups in total. The van der Waals surface area contributed by atoms with Crippen LogP contribution in [0, 0.1) is 0 Å². The molecule has 1 aliphatic rings. The molecule has 4 unspecified atom stereocenters. The van der Waals surface area contributed by atoms with E-state index in [4.69, 9.17) is 38.8 Å². The normalized spacial score (nSPS) is 23.3. The van der Waals surface area contributed by atoms with Crippen molar-refractivity contribution in [3.63, 3.8) is 0 Å². The SMILES string of the molecule is CCOc1ccc(C(c2cc([C@]3(O)O[C@H](CO[Si](C)(C)C)C(O[Si](C)(C)C)C(O[Si](C)(C)C)C3O[Si](C)(C)C)ccc2Cl)N(CC)c2ccccc2)cc1. The van der Waals surface area contributed by atoms with Gasteiger partial charge in [0.25, 0.3) is 0 Å². The molecule has 0 spiro atoms. The van der Waals surface area contributed by atoms with Crippen molar-refractivity contribution in [2.75, 3.05) is 24.7 Å². The second kappa shape index (κ2) is 17.8. The molecular weight excluding hydrogens is 766 g/mol. The van der Waals surface area contributed by atoms with E-state index in [0.717, 1.165) is 22.6 Å². The van der Waals surface area contributed by atoms with Gasteiger partial charge in [-0.3, -0.25) is 0 Å². The van der Waals surface area contributed by atoms with Gasteiger partial charge in [0.1, 0.15) is 30.2 Å². The Balaban J connectivity index is 1.99. The van der Waals surface area contributed by atoms with Gasteiger partial charge in [0.05, 0.1) is 19.3 Å². The predicted octanol–water partition coefficient (Wildman–Crippen LogP) is 10.4. The summed E-state index contributed by atoms with van der Waals surface area (Å²) in [5, 5.41) is 13.9. The van der Waals surface area contributed by atoms with Gasteiger partial charge in [-0.15, -0.1) is 0 Å². The first-order valence-electron chi connectivity index (χ1n) is 19.4. The highest BCUT2D eigenvalue weighted by atomic mass is 35.5. The molecule has 1 fully saturated rings. The first kappa shape index (κ1) is 44.9. The van der Waals surface area contributed by atoms with Gasteiger partial charge in [-0.2, -0.15) is 0 Å². The molecule has 4 rings (SSSR count). The molecule has 0 amide bonds. The summed E-state index contributed by atoms with van der Waals surface area (Å²) >= 11 is 7.23. The van der Waals surface area contributed by atoms with Crippen LogP contribution in [0.4, 0.5) is 5.69 Å². The summed E-state index contributed by atoms with van der Waals surface area (Å²) in [6, 6.07) is 23.9. The van der Waals surface area contributed by atoms with Crippen molar-refractivity contribution < 1.29 is 32.3 Å². The third-order valence-electron chi connectivity index (χ3n) is 8.80. The van der Waals surface area contributed by atoms with E-state index in [0.29, 0.717) is 23.7 Å². The van der Waals surface area contributed by atoms with Gasteiger partial charge >= 0.3 is 0 Å². The molecule has 6 atom stereocenters. The van der Waals surface area contributed by atoms with Gasteiger partial charge in [-0.05, 0) is 140 Å². The van der Waals surface area contributed by atoms with Crippen LogP contribution in [0.15, 0.2) is 72.8 Å². The van der Waals surface area contributed by atoms with Gasteiger partial charge in [-0.25, -0.2) is 0 Å². The number of hydrogen-bond donors (Lipinski definition) is 1. The van der Waals surface area contributed by atoms with E-state index < -0.39 is 63.5 Å². The van der Waals surface area contributed by atoms with E-state index >= 15 is 0 Å². The highest BCUT2D eigenvalue weighted by Crippen LogP contribution is 2.46. The molecule has 0 radical (unpaired) electrons. The topological polar surface area (TPSA) is 78.9 Å². The zero-order chi connectivity index (χ0) is 40.3. The van der Waals surface area contributed by atoms with Crippen LogP contribution in [-0.2, 0) is 28.2 Å². The van der Waals surface area contributed by atoms with Crippen LogP contribution in [0.3, 0.4) is 0 Å². The molecule has 54 heavy (non-hydrogen) atoms. The Kier molecular flexibility index (Phi) is 14.8. The summed E-state index contributed by atoms with van der Waals surface area (Å²) in [5.41, 5.74) is 3.44. The fraction of sp³-hybridized carbons (Fsp3) is 0.561. The Morgan fingerprint density at radius 1 is 0.741 bits per heavy atom. The van der Waals surface area contributed by atoms with Gasteiger partial charge in [-0.1, -0.05) is 48.0 Å². The maximum Gasteiger partial charge on any atom is 0.221 e. The van der Waals surface area contributed by atoms with E-state index in [1.54, 1.807) is 0 Å². The maximum atomic E-state index is 13.4. The van der Waals surface area contributed by atoms with Crippen LogP contribution in [0.25, 0.3) is 0 Å². The zero-order valence-electron chi connectivity index (χ0n) is 35.2. The lowest BCUT2D eigenvalue weighted by Crippen LogP contribution is -2.69. The van der Waals surface area contributed by atoms with E-state index in [9.17, 15) is 5.11 Å². The van der Waals surface area contributed by atoms with Crippen LogP contribution in [-0.4, -0.2) is 82.6 Å². The number of ether oxygens (including phenoxy) is 2. The minimum Gasteiger partial charge on any atom is -0.494 e. The quantitative estimate of drug-likeness (QED) is 0.135. The monoisotopic (exact) mass is 831 g/mol. The number of halogens is 1. The molecule has 8 nitrogen and oxygen atoms in total. The smallest absolute Gasteiger partial charge is 0.221 e. The lowest BCUT2D eigenvalue weighted by atomic mass is 9.86. The second-order valence-corrected chi connectivity index (χ2v) is 36.4. The van der Waals surface area contributed by atoms with Crippen molar-refractivity contribution in [3.8, 4) is 5.75 Å². The molecule has 3 aromatic carbocycles. The number of hydrogen-bond acceptors (Lipinski definition) is 8. The van der Waals surface area contributed by atoms with Crippen molar-refractivity contribution in [1.29, 1.82) is 0 Å². The summed E-state index contributed by atoms with van der Waals surface area (Å²) in [4.78, 5) is 2.32. The van der Waals surface area contributed by atoms with Crippen LogP contribution in [0.1, 0.15) is 36.6 Å². The summed E-state index contributed by atoms with van der Waals surface area (Å²) in [6.45, 7) is 31.5. The molecule has 0 bridgehead atoms. The first-order chi connectivity index (χ1) is 24.9. The zero-order valence-corrected chi connectivity index (χ0v) is 39.9. The van der Waals surface area contributed by atoms with E-state index in [-0.39, 0.29) is 12.6 Å². The Hall–Kier alpha value is -1.82. The van der Waals surface area contributed by atoms with Crippen molar-refractivity contribution in [3.05, 3.63) is 94.5 Å². The molecule has 0 aromatic heterocycles. The van der Waals surface area contributed by atoms with Crippen LogP contribution >= 0.6 is 11.6 Å². The lowest BCUT2D eigenvalue weighted by molar-refractivity contribution is -0.348. The highest BCUT2D eigenvalue weighted by molar-refractivity contribution is 6.71. The summed E-state index contributed by atoms with van der Waals surface area (Å²) < 4.78 is 40.5. The second-order valence-electron chi connectivity index (χ2n) is 18.1. The first-order valence-corrected chi connectivity index (χ1v) is 33.4. The van der Waals surface area contributed by atoms with Gasteiger partial charge in [0, 0.05) is 22.8 Å². The molecule has 300 valence electrons. The molecule has 0 aliphatic carbocycles. The number of rotatable bonds is 17. The Morgan fingerprint density at radius 2 is 1.31 bits per heavy atom. The Bertz CT molecular complexity index is 1640. The molecule has 1 saturated heterocycles. The highest BCUT2D eigenvalue weighted by Gasteiger charge is 2.59. The Morgan fingerprint density at radius 3 is 1.83 bits per heavy atom. The summed E-state index contributed by atoms with van der Waals surface area (Å²) in [6.07, 6.45) is -2.66. The fourth-order valence-corrected chi connectivity index (χ4v) is 10.9. The van der Waals surface area contributed by atoms with Crippen molar-refractivity contribution in [2.24, 2.45) is 0 Å². The standard InChI is InChI=1S/C41H66ClNO7Si4/c1-15-43(32-20-18-17-19-21-32)37(30-22-25-33(26-23-30)45-16-2)34-28-31(24-27-35(34)42)41(44)40(50-54(12,13)14)39(49-53(9,10)11)38(48-52(6,7)8)36(47-41)29-46-51(3,4)5/h17-28,36-40,44H,15-16,29H2,1-14H3/t36-,37?,38?,39?,40?,41+/m1/s1. The number of benzene rings is 3. The molecule has 1 aliphatic heterocycles. The molecule has 1 heterocycles. The third-order valence-corrected chi connectivity index (χ3v) is 13.1. The van der Waals surface area contributed by atoms with Gasteiger partial charge in [0.15, 0.2) is 33.3 Å². The lowest BCUT2D eigenvalue weighted by Gasteiger charge is -2.54. The number of anilines is 1. The average Bonchev–Trinajstić information content (AvgIpc) is 3.05. The van der Waals surface area contributed by atoms with E-state index in [1.165, 1.54) is 0 Å². The molecule has 0 saturated carbocycles. The number of aliphatic hydroxyl groups is 1. The summed E-state index contributed by atoms with van der Waals surface area (Å²) in [5.74, 6) is -1.13. The number of nitrogens with zero attached hydrogens (tertiary/aromatic N) is 1. The summed E-state index contributed by atoms with van der Waals surface area (Å²) in [7, 11) is -8.76. The largest absolute Gasteiger partial charge is 0.494 e. The van der Waals surface area contributed by atoms with Crippen LogP contribution in [0.2, 0.25) is 83.6 Å². The van der Waals surface area contributed by atoms with Crippen LogP contribution < -0.4 is 9.64 Å². The van der Waals surface area contributed by atoms with Crippen molar-refractivity contribution in [1.82, 2.24) is 0 Å². The minimum atomic E-state index is -2.34. The van der Waals surface area contributed by atoms with Gasteiger partial charge in [0.2, 0.25) is 5.79 Å². The molecule has 13 heteroatoms.